The molecule has 22 heavy (non-hydrogen) atoms. The number of sulfonamides is 1. The molecule has 0 saturated carbocycles. The lowest BCUT2D eigenvalue weighted by Crippen LogP contribution is -2.36. The smallest absolute Gasteiger partial charge is 0.241 e. The molecular weight excluding hydrogens is 298 g/mol. The first-order chi connectivity index (χ1) is 10.7. The SMILES string of the molecule is O=S(=O)(NC(c1ccccc1)C1CCCO1)c1ccccc1. The van der Waals surface area contributed by atoms with Gasteiger partial charge in [-0.3, -0.25) is 0 Å². The van der Waals surface area contributed by atoms with Gasteiger partial charge < -0.3 is 4.74 Å². The van der Waals surface area contributed by atoms with Crippen molar-refractivity contribution in [3.05, 3.63) is 66.2 Å². The highest BCUT2D eigenvalue weighted by Crippen LogP contribution is 2.28. The highest BCUT2D eigenvalue weighted by molar-refractivity contribution is 7.89. The molecule has 1 fully saturated rings. The lowest BCUT2D eigenvalue weighted by molar-refractivity contribution is 0.0852. The maximum atomic E-state index is 12.6. The fraction of sp³-hybridized carbons (Fsp3) is 0.294. The van der Waals surface area contributed by atoms with Gasteiger partial charge in [-0.25, -0.2) is 13.1 Å². The van der Waals surface area contributed by atoms with Crippen LogP contribution in [-0.4, -0.2) is 21.1 Å². The van der Waals surface area contributed by atoms with E-state index in [1.54, 1.807) is 30.3 Å². The molecule has 1 N–H and O–H groups in total. The van der Waals surface area contributed by atoms with Crippen LogP contribution in [0.5, 0.6) is 0 Å². The Kier molecular flexibility index (Phi) is 4.57. The first-order valence-corrected chi connectivity index (χ1v) is 8.89. The molecule has 0 aromatic heterocycles. The normalized spacial score (nSPS) is 19.9. The third-order valence-electron chi connectivity index (χ3n) is 3.83. The molecule has 5 heteroatoms. The molecule has 1 aliphatic rings. The van der Waals surface area contributed by atoms with Crippen LogP contribution in [-0.2, 0) is 14.8 Å². The second-order valence-corrected chi connectivity index (χ2v) is 7.09. The summed E-state index contributed by atoms with van der Waals surface area (Å²) in [6.07, 6.45) is 1.69. The number of nitrogens with one attached hydrogen (secondary N) is 1. The first kappa shape index (κ1) is 15.2. The molecule has 0 amide bonds. The van der Waals surface area contributed by atoms with Gasteiger partial charge in [0, 0.05) is 6.61 Å². The van der Waals surface area contributed by atoms with E-state index < -0.39 is 10.0 Å². The summed E-state index contributed by atoms with van der Waals surface area (Å²) in [5, 5.41) is 0. The van der Waals surface area contributed by atoms with Crippen LogP contribution in [0, 0.1) is 0 Å². The molecule has 0 radical (unpaired) electrons. The summed E-state index contributed by atoms with van der Waals surface area (Å²) in [6, 6.07) is 17.7. The summed E-state index contributed by atoms with van der Waals surface area (Å²) in [6.45, 7) is 0.682. The average molecular weight is 317 g/mol. The molecule has 1 aliphatic heterocycles. The summed E-state index contributed by atoms with van der Waals surface area (Å²) < 4.78 is 33.8. The minimum Gasteiger partial charge on any atom is -0.376 e. The van der Waals surface area contributed by atoms with Crippen molar-refractivity contribution >= 4 is 10.0 Å². The molecule has 1 saturated heterocycles. The summed E-state index contributed by atoms with van der Waals surface area (Å²) in [5.74, 6) is 0. The predicted octanol–water partition coefficient (Wildman–Crippen LogP) is 2.89. The van der Waals surface area contributed by atoms with E-state index in [0.717, 1.165) is 18.4 Å². The Labute approximate surface area is 131 Å². The standard InChI is InChI=1S/C17H19NO3S/c19-22(20,15-10-5-2-6-11-15)18-17(16-12-7-13-21-16)14-8-3-1-4-9-14/h1-6,8-11,16-18H,7,12-13H2. The maximum absolute atomic E-state index is 12.6. The van der Waals surface area contributed by atoms with Gasteiger partial charge in [-0.2, -0.15) is 0 Å². The van der Waals surface area contributed by atoms with Gasteiger partial charge in [-0.1, -0.05) is 48.5 Å². The van der Waals surface area contributed by atoms with Gasteiger partial charge in [0.25, 0.3) is 0 Å². The highest BCUT2D eigenvalue weighted by atomic mass is 32.2. The van der Waals surface area contributed by atoms with E-state index in [2.05, 4.69) is 4.72 Å². The number of hydrogen-bond donors (Lipinski definition) is 1. The van der Waals surface area contributed by atoms with Crippen LogP contribution in [0.1, 0.15) is 24.4 Å². The van der Waals surface area contributed by atoms with Gasteiger partial charge in [0.05, 0.1) is 17.0 Å². The van der Waals surface area contributed by atoms with Crippen LogP contribution >= 0.6 is 0 Å². The fourth-order valence-corrected chi connectivity index (χ4v) is 3.99. The second-order valence-electron chi connectivity index (χ2n) is 5.37. The third kappa shape index (κ3) is 3.38. The number of ether oxygens (including phenoxy) is 1. The summed E-state index contributed by atoms with van der Waals surface area (Å²) in [4.78, 5) is 0.272. The summed E-state index contributed by atoms with van der Waals surface area (Å²) >= 11 is 0. The van der Waals surface area contributed by atoms with Crippen molar-refractivity contribution in [2.45, 2.75) is 29.9 Å². The molecule has 3 rings (SSSR count). The van der Waals surface area contributed by atoms with E-state index in [9.17, 15) is 8.42 Å². The first-order valence-electron chi connectivity index (χ1n) is 7.41. The van der Waals surface area contributed by atoms with Crippen molar-refractivity contribution in [1.29, 1.82) is 0 Å². The topological polar surface area (TPSA) is 55.4 Å². The van der Waals surface area contributed by atoms with Gasteiger partial charge in [-0.15, -0.1) is 0 Å². The largest absolute Gasteiger partial charge is 0.376 e. The van der Waals surface area contributed by atoms with E-state index in [0.29, 0.717) is 6.61 Å². The maximum Gasteiger partial charge on any atom is 0.241 e. The van der Waals surface area contributed by atoms with Gasteiger partial charge in [0.1, 0.15) is 0 Å². The van der Waals surface area contributed by atoms with Gasteiger partial charge in [0.2, 0.25) is 10.0 Å². The monoisotopic (exact) mass is 317 g/mol. The van der Waals surface area contributed by atoms with E-state index >= 15 is 0 Å². The minimum atomic E-state index is -3.58. The van der Waals surface area contributed by atoms with Crippen molar-refractivity contribution in [3.63, 3.8) is 0 Å². The molecule has 1 heterocycles. The van der Waals surface area contributed by atoms with Gasteiger partial charge in [-0.05, 0) is 30.5 Å². The molecular formula is C17H19NO3S. The molecule has 2 aromatic carbocycles. The van der Waals surface area contributed by atoms with Crippen LogP contribution in [0.4, 0.5) is 0 Å². The van der Waals surface area contributed by atoms with Crippen molar-refractivity contribution in [1.82, 2.24) is 4.72 Å². The van der Waals surface area contributed by atoms with Crippen molar-refractivity contribution in [2.24, 2.45) is 0 Å². The van der Waals surface area contributed by atoms with Crippen LogP contribution in [0.3, 0.4) is 0 Å². The molecule has 0 bridgehead atoms. The highest BCUT2D eigenvalue weighted by Gasteiger charge is 2.31. The van der Waals surface area contributed by atoms with E-state index in [1.807, 2.05) is 30.3 Å². The van der Waals surface area contributed by atoms with E-state index in [1.165, 1.54) is 0 Å². The molecule has 0 aliphatic carbocycles. The van der Waals surface area contributed by atoms with E-state index in [4.69, 9.17) is 4.74 Å². The summed E-state index contributed by atoms with van der Waals surface area (Å²) in [5.41, 5.74) is 0.925. The lowest BCUT2D eigenvalue weighted by atomic mass is 10.0. The zero-order valence-corrected chi connectivity index (χ0v) is 13.0. The quantitative estimate of drug-likeness (QED) is 0.922. The Balaban J connectivity index is 1.90. The van der Waals surface area contributed by atoms with Crippen LogP contribution in [0.2, 0.25) is 0 Å². The van der Waals surface area contributed by atoms with Crippen molar-refractivity contribution < 1.29 is 13.2 Å². The Morgan fingerprint density at radius 3 is 2.23 bits per heavy atom. The molecule has 2 aromatic rings. The Hall–Kier alpha value is -1.69. The lowest BCUT2D eigenvalue weighted by Gasteiger charge is -2.24. The number of benzene rings is 2. The van der Waals surface area contributed by atoms with Crippen LogP contribution < -0.4 is 4.72 Å². The fourth-order valence-electron chi connectivity index (χ4n) is 2.72. The molecule has 2 unspecified atom stereocenters. The molecule has 0 spiro atoms. The number of hydrogen-bond acceptors (Lipinski definition) is 3. The Morgan fingerprint density at radius 2 is 1.64 bits per heavy atom. The zero-order chi connectivity index (χ0) is 15.4. The van der Waals surface area contributed by atoms with Crippen molar-refractivity contribution in [2.75, 3.05) is 6.61 Å². The Bertz CT molecular complexity index is 695. The Morgan fingerprint density at radius 1 is 1.00 bits per heavy atom. The van der Waals surface area contributed by atoms with Crippen molar-refractivity contribution in [3.8, 4) is 0 Å². The zero-order valence-electron chi connectivity index (χ0n) is 12.2. The van der Waals surface area contributed by atoms with Gasteiger partial charge in [0.15, 0.2) is 0 Å². The van der Waals surface area contributed by atoms with Crippen LogP contribution in [0.25, 0.3) is 0 Å². The third-order valence-corrected chi connectivity index (χ3v) is 5.29. The van der Waals surface area contributed by atoms with Gasteiger partial charge >= 0.3 is 0 Å². The molecule has 2 atom stereocenters. The average Bonchev–Trinajstić information content (AvgIpc) is 3.09. The predicted molar refractivity (Wildman–Crippen MR) is 84.9 cm³/mol. The van der Waals surface area contributed by atoms with Crippen LogP contribution in [0.15, 0.2) is 65.6 Å². The molecule has 116 valence electrons. The van der Waals surface area contributed by atoms with E-state index in [-0.39, 0.29) is 17.0 Å². The number of rotatable bonds is 5. The molecule has 4 nitrogen and oxygen atoms in total. The second kappa shape index (κ2) is 6.60. The summed E-state index contributed by atoms with van der Waals surface area (Å²) in [7, 11) is -3.58. The minimum absolute atomic E-state index is 0.124.